The van der Waals surface area contributed by atoms with Crippen molar-refractivity contribution in [3.63, 3.8) is 0 Å². The molecule has 0 aliphatic rings. The van der Waals surface area contributed by atoms with Gasteiger partial charge in [-0.1, -0.05) is 26.7 Å². The minimum Gasteiger partial charge on any atom is -0.398 e. The molecule has 4 heteroatoms. The van der Waals surface area contributed by atoms with Crippen molar-refractivity contribution in [2.24, 2.45) is 0 Å². The van der Waals surface area contributed by atoms with Gasteiger partial charge in [0.15, 0.2) is 0 Å². The lowest BCUT2D eigenvalue weighted by molar-refractivity contribution is 0.940. The molecule has 0 saturated carbocycles. The SMILES string of the molecule is CCCc1ccc(-c2cc(N)c(-c3ccc(CCC)s3)cc2N)s1. The van der Waals surface area contributed by atoms with Crippen LogP contribution in [0.2, 0.25) is 0 Å². The van der Waals surface area contributed by atoms with Gasteiger partial charge in [0.25, 0.3) is 0 Å². The molecule has 0 fully saturated rings. The molecule has 0 unspecified atom stereocenters. The van der Waals surface area contributed by atoms with Gasteiger partial charge in [0.1, 0.15) is 0 Å². The second-order valence-electron chi connectivity index (χ2n) is 6.06. The summed E-state index contributed by atoms with van der Waals surface area (Å²) in [5, 5.41) is 0. The molecule has 4 N–H and O–H groups in total. The van der Waals surface area contributed by atoms with Gasteiger partial charge in [-0.15, -0.1) is 22.7 Å². The fourth-order valence-corrected chi connectivity index (χ4v) is 5.16. The maximum Gasteiger partial charge on any atom is 0.0410 e. The molecule has 2 heterocycles. The van der Waals surface area contributed by atoms with E-state index < -0.39 is 0 Å². The van der Waals surface area contributed by atoms with Gasteiger partial charge in [0.2, 0.25) is 0 Å². The van der Waals surface area contributed by atoms with Crippen LogP contribution in [0.25, 0.3) is 20.9 Å². The van der Waals surface area contributed by atoms with Crippen LogP contribution < -0.4 is 11.5 Å². The van der Waals surface area contributed by atoms with E-state index in [-0.39, 0.29) is 0 Å². The lowest BCUT2D eigenvalue weighted by Crippen LogP contribution is -1.95. The first-order valence-corrected chi connectivity index (χ1v) is 10.1. The molecule has 0 saturated heterocycles. The van der Waals surface area contributed by atoms with E-state index in [1.165, 1.54) is 19.5 Å². The Morgan fingerprint density at radius 2 is 1.12 bits per heavy atom. The van der Waals surface area contributed by atoms with Gasteiger partial charge in [-0.05, 0) is 49.2 Å². The third-order valence-electron chi connectivity index (χ3n) is 4.07. The highest BCUT2D eigenvalue weighted by Gasteiger charge is 2.13. The topological polar surface area (TPSA) is 52.0 Å². The monoisotopic (exact) mass is 356 g/mol. The lowest BCUT2D eigenvalue weighted by atomic mass is 10.0. The van der Waals surface area contributed by atoms with Gasteiger partial charge in [0.05, 0.1) is 0 Å². The lowest BCUT2D eigenvalue weighted by Gasteiger charge is -2.10. The Labute approximate surface area is 152 Å². The van der Waals surface area contributed by atoms with Crippen molar-refractivity contribution in [3.05, 3.63) is 46.2 Å². The standard InChI is InChI=1S/C20H24N2S2/c1-3-5-13-7-9-19(23-13)15-11-18(22)16(12-17(15)21)20-10-8-14(24-20)6-4-2/h7-12H,3-6,21-22H2,1-2H3. The number of anilines is 2. The molecule has 3 aromatic rings. The van der Waals surface area contributed by atoms with Crippen molar-refractivity contribution in [1.29, 1.82) is 0 Å². The van der Waals surface area contributed by atoms with Gasteiger partial charge in [0, 0.05) is 42.0 Å². The average molecular weight is 357 g/mol. The van der Waals surface area contributed by atoms with E-state index in [0.717, 1.165) is 48.2 Å². The minimum atomic E-state index is 0.800. The first-order valence-electron chi connectivity index (χ1n) is 8.49. The van der Waals surface area contributed by atoms with Gasteiger partial charge in [-0.2, -0.15) is 0 Å². The van der Waals surface area contributed by atoms with E-state index in [0.29, 0.717) is 0 Å². The Hall–Kier alpha value is -1.78. The van der Waals surface area contributed by atoms with E-state index in [4.69, 9.17) is 11.5 Å². The van der Waals surface area contributed by atoms with E-state index in [2.05, 4.69) is 38.1 Å². The highest BCUT2D eigenvalue weighted by atomic mass is 32.1. The number of aryl methyl sites for hydroxylation is 2. The molecule has 0 aliphatic carbocycles. The molecular weight excluding hydrogens is 332 g/mol. The second-order valence-corrected chi connectivity index (χ2v) is 8.40. The number of hydrogen-bond donors (Lipinski definition) is 2. The molecule has 1 aromatic carbocycles. The Kier molecular flexibility index (Phi) is 5.27. The fourth-order valence-electron chi connectivity index (χ4n) is 2.87. The number of nitrogen functional groups attached to an aromatic ring is 2. The van der Waals surface area contributed by atoms with Crippen LogP contribution in [0.4, 0.5) is 11.4 Å². The first-order chi connectivity index (χ1) is 11.6. The molecule has 0 amide bonds. The summed E-state index contributed by atoms with van der Waals surface area (Å²) < 4.78 is 0. The van der Waals surface area contributed by atoms with E-state index in [1.54, 1.807) is 0 Å². The Bertz CT molecular complexity index is 760. The van der Waals surface area contributed by atoms with Gasteiger partial charge in [-0.25, -0.2) is 0 Å². The van der Waals surface area contributed by atoms with Gasteiger partial charge >= 0.3 is 0 Å². The van der Waals surface area contributed by atoms with Crippen LogP contribution in [0.3, 0.4) is 0 Å². The third-order valence-corrected chi connectivity index (χ3v) is 6.43. The molecule has 0 radical (unpaired) electrons. The zero-order valence-corrected chi connectivity index (χ0v) is 15.9. The smallest absolute Gasteiger partial charge is 0.0410 e. The predicted molar refractivity (Wildman–Crippen MR) is 110 cm³/mol. The number of rotatable bonds is 6. The number of hydrogen-bond acceptors (Lipinski definition) is 4. The van der Waals surface area contributed by atoms with Crippen LogP contribution in [0, 0.1) is 0 Å². The van der Waals surface area contributed by atoms with E-state index in [9.17, 15) is 0 Å². The molecule has 126 valence electrons. The number of nitrogens with two attached hydrogens (primary N) is 2. The summed E-state index contributed by atoms with van der Waals surface area (Å²) in [5.74, 6) is 0. The zero-order valence-electron chi connectivity index (χ0n) is 14.3. The molecule has 3 rings (SSSR count). The summed E-state index contributed by atoms with van der Waals surface area (Å²) in [6.45, 7) is 4.41. The van der Waals surface area contributed by atoms with Crippen LogP contribution in [0.15, 0.2) is 36.4 Å². The molecule has 24 heavy (non-hydrogen) atoms. The van der Waals surface area contributed by atoms with Crippen LogP contribution in [-0.4, -0.2) is 0 Å². The molecule has 0 atom stereocenters. The molecule has 0 spiro atoms. The summed E-state index contributed by atoms with van der Waals surface area (Å²) in [5.41, 5.74) is 16.4. The number of thiophene rings is 2. The maximum atomic E-state index is 6.36. The van der Waals surface area contributed by atoms with Gasteiger partial charge in [-0.3, -0.25) is 0 Å². The molecule has 0 bridgehead atoms. The first kappa shape index (κ1) is 17.1. The van der Waals surface area contributed by atoms with Crippen molar-refractivity contribution in [3.8, 4) is 20.9 Å². The van der Waals surface area contributed by atoms with Crippen LogP contribution in [0.1, 0.15) is 36.4 Å². The normalized spacial score (nSPS) is 11.1. The highest BCUT2D eigenvalue weighted by molar-refractivity contribution is 7.16. The van der Waals surface area contributed by atoms with Crippen LogP contribution in [-0.2, 0) is 12.8 Å². The number of benzene rings is 1. The highest BCUT2D eigenvalue weighted by Crippen LogP contribution is 2.40. The summed E-state index contributed by atoms with van der Waals surface area (Å²) >= 11 is 3.63. The predicted octanol–water partition coefficient (Wildman–Crippen LogP) is 6.21. The summed E-state index contributed by atoms with van der Waals surface area (Å²) in [6, 6.07) is 12.8. The van der Waals surface area contributed by atoms with Crippen molar-refractivity contribution in [2.45, 2.75) is 39.5 Å². The van der Waals surface area contributed by atoms with Crippen molar-refractivity contribution < 1.29 is 0 Å². The van der Waals surface area contributed by atoms with E-state index >= 15 is 0 Å². The minimum absolute atomic E-state index is 0.800. The van der Waals surface area contributed by atoms with Crippen LogP contribution in [0.5, 0.6) is 0 Å². The molecule has 0 aliphatic heterocycles. The Balaban J connectivity index is 1.95. The van der Waals surface area contributed by atoms with Crippen LogP contribution >= 0.6 is 22.7 Å². The van der Waals surface area contributed by atoms with Crippen molar-refractivity contribution in [2.75, 3.05) is 11.5 Å². The Morgan fingerprint density at radius 1 is 0.708 bits per heavy atom. The maximum absolute atomic E-state index is 6.36. The third kappa shape index (κ3) is 3.50. The van der Waals surface area contributed by atoms with Gasteiger partial charge < -0.3 is 11.5 Å². The largest absolute Gasteiger partial charge is 0.398 e. The fraction of sp³-hybridized carbons (Fsp3) is 0.300. The van der Waals surface area contributed by atoms with Crippen molar-refractivity contribution >= 4 is 34.0 Å². The Morgan fingerprint density at radius 3 is 1.50 bits per heavy atom. The molecular formula is C20H24N2S2. The summed E-state index contributed by atoms with van der Waals surface area (Å²) in [4.78, 5) is 5.20. The summed E-state index contributed by atoms with van der Waals surface area (Å²) in [6.07, 6.45) is 4.56. The van der Waals surface area contributed by atoms with Crippen molar-refractivity contribution in [1.82, 2.24) is 0 Å². The average Bonchev–Trinajstić information content (AvgIpc) is 3.20. The summed E-state index contributed by atoms with van der Waals surface area (Å²) in [7, 11) is 0. The zero-order chi connectivity index (χ0) is 17.1. The van der Waals surface area contributed by atoms with E-state index in [1.807, 2.05) is 34.8 Å². The molecule has 2 nitrogen and oxygen atoms in total. The second kappa shape index (κ2) is 7.41. The molecule has 2 aromatic heterocycles. The quantitative estimate of drug-likeness (QED) is 0.516.